The fourth-order valence-corrected chi connectivity index (χ4v) is 5.16. The molecule has 3 unspecified atom stereocenters. The van der Waals surface area contributed by atoms with Crippen molar-refractivity contribution in [2.24, 2.45) is 0 Å². The van der Waals surface area contributed by atoms with Crippen LogP contribution in [0.25, 0.3) is 0 Å². The SMILES string of the molecule is O=C(NC1CCCCC1NC1CCCN(c2ccc(C(F)(F)F)cc2)C1)OCc1ccccc1Cl. The number of carbonyl (C=O) groups excluding carboxylic acids is 1. The summed E-state index contributed by atoms with van der Waals surface area (Å²) in [5, 5.41) is 7.31. The number of benzene rings is 2. The summed E-state index contributed by atoms with van der Waals surface area (Å²) in [6, 6.07) is 12.9. The van der Waals surface area contributed by atoms with E-state index >= 15 is 0 Å². The third-order valence-electron chi connectivity index (χ3n) is 6.82. The Morgan fingerprint density at radius 2 is 1.71 bits per heavy atom. The van der Waals surface area contributed by atoms with Crippen LogP contribution in [0.3, 0.4) is 0 Å². The van der Waals surface area contributed by atoms with Crippen LogP contribution in [0.4, 0.5) is 23.7 Å². The van der Waals surface area contributed by atoms with Gasteiger partial charge >= 0.3 is 12.3 Å². The van der Waals surface area contributed by atoms with Crippen molar-refractivity contribution in [2.45, 2.75) is 69.4 Å². The lowest BCUT2D eigenvalue weighted by molar-refractivity contribution is -0.137. The second-order valence-electron chi connectivity index (χ2n) is 9.31. The van der Waals surface area contributed by atoms with Crippen molar-refractivity contribution >= 4 is 23.4 Å². The average Bonchev–Trinajstić information content (AvgIpc) is 2.84. The highest BCUT2D eigenvalue weighted by molar-refractivity contribution is 6.31. The Bertz CT molecular complexity index is 987. The molecule has 4 rings (SSSR count). The molecular weight excluding hydrogens is 479 g/mol. The van der Waals surface area contributed by atoms with Gasteiger partial charge in [0.15, 0.2) is 0 Å². The molecule has 5 nitrogen and oxygen atoms in total. The summed E-state index contributed by atoms with van der Waals surface area (Å²) in [5.74, 6) is 0. The highest BCUT2D eigenvalue weighted by Crippen LogP contribution is 2.31. The molecular formula is C26H31ClF3N3O2. The molecule has 0 aromatic heterocycles. The quantitative estimate of drug-likeness (QED) is 0.490. The fourth-order valence-electron chi connectivity index (χ4n) is 4.97. The van der Waals surface area contributed by atoms with Gasteiger partial charge in [0.1, 0.15) is 6.61 Å². The van der Waals surface area contributed by atoms with Gasteiger partial charge in [-0.1, -0.05) is 42.6 Å². The van der Waals surface area contributed by atoms with Crippen LogP contribution in [-0.4, -0.2) is 37.3 Å². The van der Waals surface area contributed by atoms with Crippen LogP contribution in [-0.2, 0) is 17.5 Å². The van der Waals surface area contributed by atoms with Crippen molar-refractivity contribution in [1.82, 2.24) is 10.6 Å². The Hall–Kier alpha value is -2.45. The molecule has 2 aliphatic rings. The van der Waals surface area contributed by atoms with E-state index in [2.05, 4.69) is 15.5 Å². The molecule has 0 radical (unpaired) electrons. The molecule has 0 spiro atoms. The summed E-state index contributed by atoms with van der Waals surface area (Å²) >= 11 is 6.14. The monoisotopic (exact) mass is 509 g/mol. The van der Waals surface area contributed by atoms with Crippen LogP contribution in [0.2, 0.25) is 5.02 Å². The summed E-state index contributed by atoms with van der Waals surface area (Å²) in [5.41, 5.74) is 0.921. The number of hydrogen-bond donors (Lipinski definition) is 2. The molecule has 2 aromatic rings. The molecule has 1 saturated carbocycles. The summed E-state index contributed by atoms with van der Waals surface area (Å²) in [6.45, 7) is 1.64. The number of ether oxygens (including phenoxy) is 1. The van der Waals surface area contributed by atoms with Gasteiger partial charge in [-0.3, -0.25) is 0 Å². The predicted octanol–water partition coefficient (Wildman–Crippen LogP) is 6.15. The lowest BCUT2D eigenvalue weighted by Gasteiger charge is -2.40. The number of carbonyl (C=O) groups is 1. The molecule has 2 fully saturated rings. The minimum absolute atomic E-state index is 0.0380. The molecule has 1 heterocycles. The van der Waals surface area contributed by atoms with E-state index in [1.165, 1.54) is 0 Å². The third-order valence-corrected chi connectivity index (χ3v) is 7.19. The molecule has 1 aliphatic carbocycles. The van der Waals surface area contributed by atoms with Gasteiger partial charge in [-0.05, 0) is 56.0 Å². The molecule has 2 aromatic carbocycles. The smallest absolute Gasteiger partial charge is 0.416 e. The number of amides is 1. The van der Waals surface area contributed by atoms with Gasteiger partial charge < -0.3 is 20.3 Å². The van der Waals surface area contributed by atoms with E-state index in [-0.39, 0.29) is 24.7 Å². The maximum Gasteiger partial charge on any atom is 0.416 e. The number of piperidine rings is 1. The molecule has 9 heteroatoms. The van der Waals surface area contributed by atoms with Crippen molar-refractivity contribution < 1.29 is 22.7 Å². The van der Waals surface area contributed by atoms with Gasteiger partial charge in [0.25, 0.3) is 0 Å². The number of alkyl carbamates (subject to hydrolysis) is 1. The van der Waals surface area contributed by atoms with Gasteiger partial charge in [-0.25, -0.2) is 4.79 Å². The van der Waals surface area contributed by atoms with Gasteiger partial charge in [0.2, 0.25) is 0 Å². The third kappa shape index (κ3) is 7.04. The maximum absolute atomic E-state index is 12.9. The van der Waals surface area contributed by atoms with Crippen LogP contribution in [0, 0.1) is 0 Å². The van der Waals surface area contributed by atoms with Crippen LogP contribution >= 0.6 is 11.6 Å². The Kier molecular flexibility index (Phi) is 8.44. The lowest BCUT2D eigenvalue weighted by Crippen LogP contribution is -2.57. The van der Waals surface area contributed by atoms with Crippen molar-refractivity contribution in [3.05, 3.63) is 64.7 Å². The van der Waals surface area contributed by atoms with Gasteiger partial charge in [-0.2, -0.15) is 13.2 Å². The van der Waals surface area contributed by atoms with E-state index in [1.54, 1.807) is 18.2 Å². The topological polar surface area (TPSA) is 53.6 Å². The summed E-state index contributed by atoms with van der Waals surface area (Å²) in [6.07, 6.45) is 1.08. The molecule has 1 amide bonds. The molecule has 190 valence electrons. The summed E-state index contributed by atoms with van der Waals surface area (Å²) in [4.78, 5) is 14.6. The summed E-state index contributed by atoms with van der Waals surface area (Å²) in [7, 11) is 0. The number of anilines is 1. The maximum atomic E-state index is 12.9. The van der Waals surface area contributed by atoms with Crippen molar-refractivity contribution in [3.8, 4) is 0 Å². The van der Waals surface area contributed by atoms with E-state index in [9.17, 15) is 18.0 Å². The van der Waals surface area contributed by atoms with Crippen LogP contribution in [0.15, 0.2) is 48.5 Å². The zero-order valence-corrected chi connectivity index (χ0v) is 20.2. The number of nitrogens with zero attached hydrogens (tertiary/aromatic N) is 1. The standard InChI is InChI=1S/C26H31ClF3N3O2/c27-22-8-2-1-6-18(22)17-35-25(34)32-24-10-4-3-9-23(24)31-20-7-5-15-33(16-20)21-13-11-19(12-14-21)26(28,29)30/h1-2,6,8,11-14,20,23-24,31H,3-5,7,9-10,15-17H2,(H,32,34). The van der Waals surface area contributed by atoms with Crippen LogP contribution in [0.5, 0.6) is 0 Å². The van der Waals surface area contributed by atoms with Crippen molar-refractivity contribution in [2.75, 3.05) is 18.0 Å². The zero-order valence-electron chi connectivity index (χ0n) is 19.5. The fraction of sp³-hybridized carbons (Fsp3) is 0.500. The molecule has 3 atom stereocenters. The first-order valence-electron chi connectivity index (χ1n) is 12.1. The Morgan fingerprint density at radius 1 is 1.00 bits per heavy atom. The van der Waals surface area contributed by atoms with Crippen LogP contribution < -0.4 is 15.5 Å². The number of nitrogens with one attached hydrogen (secondary N) is 2. The van der Waals surface area contributed by atoms with E-state index in [1.807, 2.05) is 18.2 Å². The number of hydrogen-bond acceptors (Lipinski definition) is 4. The molecule has 1 saturated heterocycles. The van der Waals surface area contributed by atoms with E-state index in [0.29, 0.717) is 11.6 Å². The first-order valence-corrected chi connectivity index (χ1v) is 12.5. The largest absolute Gasteiger partial charge is 0.445 e. The highest BCUT2D eigenvalue weighted by atomic mass is 35.5. The molecule has 35 heavy (non-hydrogen) atoms. The molecule has 0 bridgehead atoms. The second kappa shape index (κ2) is 11.5. The first-order chi connectivity index (χ1) is 16.8. The summed E-state index contributed by atoms with van der Waals surface area (Å²) < 4.78 is 44.1. The Morgan fingerprint density at radius 3 is 2.43 bits per heavy atom. The van der Waals surface area contributed by atoms with E-state index in [4.69, 9.17) is 16.3 Å². The minimum Gasteiger partial charge on any atom is -0.445 e. The van der Waals surface area contributed by atoms with E-state index < -0.39 is 17.8 Å². The van der Waals surface area contributed by atoms with Crippen molar-refractivity contribution in [3.63, 3.8) is 0 Å². The molecule has 1 aliphatic heterocycles. The Labute approximate surface area is 209 Å². The van der Waals surface area contributed by atoms with Crippen LogP contribution in [0.1, 0.15) is 49.7 Å². The predicted molar refractivity (Wildman–Crippen MR) is 131 cm³/mol. The van der Waals surface area contributed by atoms with Gasteiger partial charge in [0.05, 0.1) is 5.56 Å². The second-order valence-corrected chi connectivity index (χ2v) is 9.71. The van der Waals surface area contributed by atoms with Gasteiger partial charge in [-0.15, -0.1) is 0 Å². The minimum atomic E-state index is -4.33. The van der Waals surface area contributed by atoms with Crippen molar-refractivity contribution in [1.29, 1.82) is 0 Å². The number of alkyl halides is 3. The normalized spacial score (nSPS) is 23.1. The number of rotatable bonds is 6. The van der Waals surface area contributed by atoms with Gasteiger partial charge in [0, 0.05) is 47.5 Å². The first kappa shape index (κ1) is 25.6. The zero-order chi connectivity index (χ0) is 24.8. The van der Waals surface area contributed by atoms with E-state index in [0.717, 1.165) is 68.5 Å². The average molecular weight is 510 g/mol. The molecule has 2 N–H and O–H groups in total. The highest BCUT2D eigenvalue weighted by Gasteiger charge is 2.32. The number of halogens is 4. The lowest BCUT2D eigenvalue weighted by atomic mass is 9.89. The Balaban J connectivity index is 1.31.